The molecule has 176 valence electrons. The van der Waals surface area contributed by atoms with Crippen LogP contribution in [0.3, 0.4) is 0 Å². The van der Waals surface area contributed by atoms with E-state index in [1.807, 2.05) is 78.9 Å². The fraction of sp³-hybridized carbons (Fsp3) is 0.129. The molecule has 1 atom stereocenters. The van der Waals surface area contributed by atoms with Crippen LogP contribution in [0.2, 0.25) is 0 Å². The van der Waals surface area contributed by atoms with Crippen LogP contribution in [-0.4, -0.2) is 28.7 Å². The number of aryl methyl sites for hydroxylation is 2. The molecule has 4 aromatic rings. The first-order valence-electron chi connectivity index (χ1n) is 12.1. The van der Waals surface area contributed by atoms with Crippen LogP contribution in [0, 0.1) is 0 Å². The van der Waals surface area contributed by atoms with Gasteiger partial charge in [-0.3, -0.25) is 24.2 Å². The van der Waals surface area contributed by atoms with E-state index >= 15 is 0 Å². The number of rotatable bonds is 4. The highest BCUT2D eigenvalue weighted by molar-refractivity contribution is 6.23. The molecule has 2 heterocycles. The smallest absolute Gasteiger partial charge is 0.262 e. The third-order valence-electron chi connectivity index (χ3n) is 7.04. The van der Waals surface area contributed by atoms with Crippen molar-refractivity contribution in [2.24, 2.45) is 0 Å². The molecule has 0 saturated carbocycles. The van der Waals surface area contributed by atoms with Crippen molar-refractivity contribution in [3.05, 3.63) is 131 Å². The van der Waals surface area contributed by atoms with Crippen LogP contribution in [0.15, 0.2) is 103 Å². The molecule has 0 unspecified atom stereocenters. The van der Waals surface area contributed by atoms with Gasteiger partial charge in [0.05, 0.1) is 22.5 Å². The summed E-state index contributed by atoms with van der Waals surface area (Å²) in [5.74, 6) is -1.15. The second-order valence-corrected chi connectivity index (χ2v) is 9.16. The molecule has 0 bridgehead atoms. The van der Waals surface area contributed by atoms with Crippen LogP contribution in [0.5, 0.6) is 0 Å². The number of anilines is 2. The Bertz CT molecular complexity index is 1410. The number of hydrogen-bond donors (Lipinski definition) is 0. The van der Waals surface area contributed by atoms with Gasteiger partial charge in [0.1, 0.15) is 6.04 Å². The number of carbonyl (C=O) groups excluding carboxylic acids is 3. The molecule has 2 aliphatic heterocycles. The second kappa shape index (κ2) is 8.93. The van der Waals surface area contributed by atoms with Crippen LogP contribution < -0.4 is 4.90 Å². The SMILES string of the molecule is O=C([C@H](Cc1ccccc1)N1C(=O)c2ccccc2C1=O)N1c2ccccc2CCc2ccccc21. The molecule has 0 aromatic heterocycles. The molecule has 3 amide bonds. The topological polar surface area (TPSA) is 57.7 Å². The minimum absolute atomic E-state index is 0.228. The molecule has 0 aliphatic carbocycles. The van der Waals surface area contributed by atoms with Crippen molar-refractivity contribution in [2.45, 2.75) is 25.3 Å². The van der Waals surface area contributed by atoms with E-state index in [1.165, 1.54) is 0 Å². The monoisotopic (exact) mass is 472 g/mol. The molecule has 36 heavy (non-hydrogen) atoms. The Morgan fingerprint density at radius 3 is 1.67 bits per heavy atom. The van der Waals surface area contributed by atoms with E-state index in [4.69, 9.17) is 0 Å². The fourth-order valence-electron chi connectivity index (χ4n) is 5.28. The van der Waals surface area contributed by atoms with Gasteiger partial charge in [-0.15, -0.1) is 0 Å². The Labute approximate surface area is 209 Å². The molecule has 0 saturated heterocycles. The van der Waals surface area contributed by atoms with Gasteiger partial charge in [0, 0.05) is 6.42 Å². The van der Waals surface area contributed by atoms with Crippen molar-refractivity contribution in [2.75, 3.05) is 4.90 Å². The summed E-state index contributed by atoms with van der Waals surface area (Å²) in [6.45, 7) is 0. The van der Waals surface area contributed by atoms with Crippen molar-refractivity contribution >= 4 is 29.1 Å². The molecule has 5 heteroatoms. The number of hydrogen-bond acceptors (Lipinski definition) is 3. The van der Waals surface area contributed by atoms with Gasteiger partial charge >= 0.3 is 0 Å². The highest BCUT2D eigenvalue weighted by Crippen LogP contribution is 2.38. The van der Waals surface area contributed by atoms with Crippen LogP contribution in [-0.2, 0) is 24.1 Å². The van der Waals surface area contributed by atoms with Gasteiger partial charge in [-0.25, -0.2) is 0 Å². The summed E-state index contributed by atoms with van der Waals surface area (Å²) in [6, 6.07) is 31.1. The highest BCUT2D eigenvalue weighted by Gasteiger charge is 2.45. The van der Waals surface area contributed by atoms with E-state index in [9.17, 15) is 14.4 Å². The first-order valence-corrected chi connectivity index (χ1v) is 12.1. The average molecular weight is 473 g/mol. The van der Waals surface area contributed by atoms with Gasteiger partial charge in [0.15, 0.2) is 0 Å². The maximum atomic E-state index is 14.6. The second-order valence-electron chi connectivity index (χ2n) is 9.16. The lowest BCUT2D eigenvalue weighted by molar-refractivity contribution is -0.121. The Morgan fingerprint density at radius 2 is 1.11 bits per heavy atom. The lowest BCUT2D eigenvalue weighted by Crippen LogP contribution is -2.51. The molecule has 0 spiro atoms. The first kappa shape index (κ1) is 22.0. The van der Waals surface area contributed by atoms with Gasteiger partial charge < -0.3 is 0 Å². The number of carbonyl (C=O) groups is 3. The van der Waals surface area contributed by atoms with Crippen LogP contribution in [0.4, 0.5) is 11.4 Å². The number of fused-ring (bicyclic) bond motifs is 3. The van der Waals surface area contributed by atoms with Gasteiger partial charge in [-0.05, 0) is 53.8 Å². The van der Waals surface area contributed by atoms with Crippen molar-refractivity contribution < 1.29 is 14.4 Å². The summed E-state index contributed by atoms with van der Waals surface area (Å²) < 4.78 is 0. The van der Waals surface area contributed by atoms with E-state index in [2.05, 4.69) is 0 Å². The largest absolute Gasteiger partial charge is 0.279 e. The summed E-state index contributed by atoms with van der Waals surface area (Å²) in [6.07, 6.45) is 1.83. The number of benzene rings is 4. The van der Waals surface area contributed by atoms with Crippen molar-refractivity contribution in [1.82, 2.24) is 4.90 Å². The Kier molecular flexibility index (Phi) is 5.45. The standard InChI is InChI=1S/C31H24N2O3/c34-29-24-14-6-7-15-25(24)30(35)33(29)28(20-21-10-2-1-3-11-21)31(36)32-26-16-8-4-12-22(26)18-19-23-13-5-9-17-27(23)32/h1-17,28H,18-20H2/t28-/m0/s1. The zero-order chi connectivity index (χ0) is 24.6. The molecular weight excluding hydrogens is 448 g/mol. The van der Waals surface area contributed by atoms with Gasteiger partial charge in [-0.1, -0.05) is 78.9 Å². The Hall–Kier alpha value is -4.51. The summed E-state index contributed by atoms with van der Waals surface area (Å²) in [4.78, 5) is 44.5. The van der Waals surface area contributed by atoms with Crippen LogP contribution in [0.1, 0.15) is 37.4 Å². The fourth-order valence-corrected chi connectivity index (χ4v) is 5.28. The predicted molar refractivity (Wildman–Crippen MR) is 138 cm³/mol. The Balaban J connectivity index is 1.50. The van der Waals surface area contributed by atoms with E-state index in [0.29, 0.717) is 11.1 Å². The molecular formula is C31H24N2O3. The molecule has 4 aromatic carbocycles. The zero-order valence-electron chi connectivity index (χ0n) is 19.6. The minimum Gasteiger partial charge on any atom is -0.279 e. The predicted octanol–water partition coefficient (Wildman–Crippen LogP) is 5.36. The molecule has 0 radical (unpaired) electrons. The van der Waals surface area contributed by atoms with Crippen molar-refractivity contribution in [3.63, 3.8) is 0 Å². The minimum atomic E-state index is -1.00. The van der Waals surface area contributed by atoms with Crippen molar-refractivity contribution in [3.8, 4) is 0 Å². The first-order chi connectivity index (χ1) is 17.6. The normalized spacial score (nSPS) is 15.1. The van der Waals surface area contributed by atoms with Crippen LogP contribution in [0.25, 0.3) is 0 Å². The van der Waals surface area contributed by atoms with Gasteiger partial charge in [0.25, 0.3) is 17.7 Å². The maximum absolute atomic E-state index is 14.6. The number of imide groups is 1. The number of amides is 3. The molecule has 5 nitrogen and oxygen atoms in total. The quantitative estimate of drug-likeness (QED) is 0.376. The number of nitrogens with zero attached hydrogens (tertiary/aromatic N) is 2. The molecule has 0 fully saturated rings. The van der Waals surface area contributed by atoms with E-state index < -0.39 is 17.9 Å². The highest BCUT2D eigenvalue weighted by atomic mass is 16.2. The summed E-state index contributed by atoms with van der Waals surface area (Å²) >= 11 is 0. The van der Waals surface area contributed by atoms with E-state index in [-0.39, 0.29) is 12.3 Å². The molecule has 6 rings (SSSR count). The van der Waals surface area contributed by atoms with Gasteiger partial charge in [-0.2, -0.15) is 0 Å². The third kappa shape index (κ3) is 3.60. The van der Waals surface area contributed by atoms with Gasteiger partial charge in [0.2, 0.25) is 0 Å². The van der Waals surface area contributed by atoms with E-state index in [0.717, 1.165) is 45.8 Å². The summed E-state index contributed by atoms with van der Waals surface area (Å²) in [7, 11) is 0. The molecule has 2 aliphatic rings. The molecule has 0 N–H and O–H groups in total. The maximum Gasteiger partial charge on any atom is 0.262 e. The van der Waals surface area contributed by atoms with Crippen molar-refractivity contribution in [1.29, 1.82) is 0 Å². The summed E-state index contributed by atoms with van der Waals surface area (Å²) in [5, 5.41) is 0. The van der Waals surface area contributed by atoms with Crippen LogP contribution >= 0.6 is 0 Å². The zero-order valence-corrected chi connectivity index (χ0v) is 19.6. The number of para-hydroxylation sites is 2. The summed E-state index contributed by atoms with van der Waals surface area (Å²) in [5.41, 5.74) is 5.26. The third-order valence-corrected chi connectivity index (χ3v) is 7.04. The Morgan fingerprint density at radius 1 is 0.639 bits per heavy atom. The lowest BCUT2D eigenvalue weighted by Gasteiger charge is -2.32. The average Bonchev–Trinajstić information content (AvgIpc) is 3.07. The lowest BCUT2D eigenvalue weighted by atomic mass is 10.0. The van der Waals surface area contributed by atoms with E-state index in [1.54, 1.807) is 29.2 Å².